The van der Waals surface area contributed by atoms with Crippen LogP contribution in [0.2, 0.25) is 0 Å². The van der Waals surface area contributed by atoms with Crippen LogP contribution in [-0.2, 0) is 19.1 Å². The van der Waals surface area contributed by atoms with Crippen molar-refractivity contribution in [1.29, 1.82) is 0 Å². The molecule has 2 amide bonds. The summed E-state index contributed by atoms with van der Waals surface area (Å²) in [6.45, 7) is 0.259. The fourth-order valence-corrected chi connectivity index (χ4v) is 2.96. The zero-order valence-corrected chi connectivity index (χ0v) is 13.9. The number of thiol groups is 2. The molecule has 0 aromatic heterocycles. The molecule has 7 heteroatoms. The molecule has 0 saturated carbocycles. The van der Waals surface area contributed by atoms with E-state index in [0.717, 1.165) is 36.3 Å². The molecular formula is C14H23NO4S2. The van der Waals surface area contributed by atoms with Crippen molar-refractivity contribution >= 4 is 43.0 Å². The first-order valence-electron chi connectivity index (χ1n) is 7.32. The van der Waals surface area contributed by atoms with Gasteiger partial charge < -0.3 is 4.74 Å². The number of unbranched alkanes of at least 4 members (excludes halogenated alkanes) is 1. The van der Waals surface area contributed by atoms with Crippen molar-refractivity contribution in [1.82, 2.24) is 4.90 Å². The number of imide groups is 1. The highest BCUT2D eigenvalue weighted by Gasteiger charge is 2.28. The van der Waals surface area contributed by atoms with Crippen LogP contribution in [0.1, 0.15) is 44.9 Å². The van der Waals surface area contributed by atoms with Crippen molar-refractivity contribution in [3.05, 3.63) is 0 Å². The first-order chi connectivity index (χ1) is 10.0. The van der Waals surface area contributed by atoms with Gasteiger partial charge in [0, 0.05) is 24.5 Å². The number of hydrogen-bond acceptors (Lipinski definition) is 6. The Balaban J connectivity index is 2.04. The Hall–Kier alpha value is -0.690. The summed E-state index contributed by atoms with van der Waals surface area (Å²) in [4.78, 5) is 35.4. The Morgan fingerprint density at radius 2 is 1.86 bits per heavy atom. The van der Waals surface area contributed by atoms with Gasteiger partial charge in [0.1, 0.15) is 6.61 Å². The monoisotopic (exact) mass is 333 g/mol. The quantitative estimate of drug-likeness (QED) is 0.277. The van der Waals surface area contributed by atoms with E-state index in [9.17, 15) is 14.4 Å². The molecule has 1 rings (SSSR count). The number of esters is 1. The standard InChI is InChI=1S/C14H23NO4S2/c16-12-5-6-13(17)15(12)8-9-19-14(18)4-2-1-3-11(21)7-10-20/h11,20-21H,1-10H2. The molecule has 120 valence electrons. The molecule has 0 N–H and O–H groups in total. The molecule has 0 aromatic carbocycles. The van der Waals surface area contributed by atoms with Crippen LogP contribution in [0.5, 0.6) is 0 Å². The summed E-state index contributed by atoms with van der Waals surface area (Å²) in [7, 11) is 0. The van der Waals surface area contributed by atoms with Crippen LogP contribution >= 0.6 is 25.3 Å². The van der Waals surface area contributed by atoms with Gasteiger partial charge >= 0.3 is 5.97 Å². The maximum absolute atomic E-state index is 11.5. The third-order valence-electron chi connectivity index (χ3n) is 3.36. The molecule has 1 heterocycles. The normalized spacial score (nSPS) is 16.4. The lowest BCUT2D eigenvalue weighted by Crippen LogP contribution is -2.32. The molecule has 1 fully saturated rings. The van der Waals surface area contributed by atoms with Crippen molar-refractivity contribution < 1.29 is 19.1 Å². The number of amides is 2. The average Bonchev–Trinajstić information content (AvgIpc) is 2.75. The minimum Gasteiger partial charge on any atom is -0.464 e. The average molecular weight is 333 g/mol. The third kappa shape index (κ3) is 7.22. The Labute approximate surface area is 136 Å². The van der Waals surface area contributed by atoms with Crippen molar-refractivity contribution in [2.24, 2.45) is 0 Å². The summed E-state index contributed by atoms with van der Waals surface area (Å²) in [5.74, 6) is 0.184. The Morgan fingerprint density at radius 3 is 2.48 bits per heavy atom. The zero-order chi connectivity index (χ0) is 15.7. The summed E-state index contributed by atoms with van der Waals surface area (Å²) in [5, 5.41) is 0.339. The van der Waals surface area contributed by atoms with Crippen molar-refractivity contribution in [2.75, 3.05) is 18.9 Å². The van der Waals surface area contributed by atoms with Gasteiger partial charge in [0.25, 0.3) is 0 Å². The fourth-order valence-electron chi connectivity index (χ4n) is 2.14. The highest BCUT2D eigenvalue weighted by atomic mass is 32.1. The number of likely N-dealkylation sites (tertiary alicyclic amines) is 1. The van der Waals surface area contributed by atoms with Crippen LogP contribution in [0.4, 0.5) is 0 Å². The van der Waals surface area contributed by atoms with Crippen LogP contribution in [0.25, 0.3) is 0 Å². The molecule has 1 atom stereocenters. The maximum atomic E-state index is 11.5. The molecule has 0 aromatic rings. The number of carbonyl (C=O) groups is 3. The molecule has 0 bridgehead atoms. The summed E-state index contributed by atoms with van der Waals surface area (Å²) >= 11 is 8.57. The van der Waals surface area contributed by atoms with Crippen LogP contribution in [0, 0.1) is 0 Å². The second kappa shape index (κ2) is 10.1. The molecule has 5 nitrogen and oxygen atoms in total. The predicted octanol–water partition coefficient (Wildman–Crippen LogP) is 1.86. The Kier molecular flexibility index (Phi) is 8.84. The second-order valence-electron chi connectivity index (χ2n) is 5.07. The first-order valence-corrected chi connectivity index (χ1v) is 8.47. The van der Waals surface area contributed by atoms with Gasteiger partial charge in [-0.1, -0.05) is 6.42 Å². The van der Waals surface area contributed by atoms with E-state index < -0.39 is 0 Å². The summed E-state index contributed by atoms with van der Waals surface area (Å²) < 4.78 is 5.04. The molecule has 1 saturated heterocycles. The zero-order valence-electron chi connectivity index (χ0n) is 12.1. The molecule has 1 aliphatic rings. The van der Waals surface area contributed by atoms with Gasteiger partial charge in [-0.15, -0.1) is 0 Å². The largest absolute Gasteiger partial charge is 0.464 e. The smallest absolute Gasteiger partial charge is 0.305 e. The van der Waals surface area contributed by atoms with E-state index in [2.05, 4.69) is 25.3 Å². The highest BCUT2D eigenvalue weighted by Crippen LogP contribution is 2.13. The van der Waals surface area contributed by atoms with E-state index in [0.29, 0.717) is 11.7 Å². The van der Waals surface area contributed by atoms with E-state index in [1.807, 2.05) is 0 Å². The van der Waals surface area contributed by atoms with Crippen LogP contribution in [0.15, 0.2) is 0 Å². The predicted molar refractivity (Wildman–Crippen MR) is 86.6 cm³/mol. The molecule has 1 unspecified atom stereocenters. The summed E-state index contributed by atoms with van der Waals surface area (Å²) in [6.07, 6.45) is 4.53. The summed E-state index contributed by atoms with van der Waals surface area (Å²) in [5.41, 5.74) is 0. The Morgan fingerprint density at radius 1 is 1.19 bits per heavy atom. The molecule has 0 spiro atoms. The van der Waals surface area contributed by atoms with E-state index in [1.165, 1.54) is 0 Å². The number of hydrogen-bond donors (Lipinski definition) is 2. The van der Waals surface area contributed by atoms with Gasteiger partial charge in [-0.05, 0) is 25.0 Å². The lowest BCUT2D eigenvalue weighted by Gasteiger charge is -2.13. The van der Waals surface area contributed by atoms with Gasteiger partial charge in [0.2, 0.25) is 11.8 Å². The Bertz CT molecular complexity index is 360. The number of rotatable bonds is 10. The van der Waals surface area contributed by atoms with Crippen LogP contribution in [0.3, 0.4) is 0 Å². The lowest BCUT2D eigenvalue weighted by atomic mass is 10.1. The SMILES string of the molecule is O=C(CCCCC(S)CCS)OCCN1C(=O)CCC1=O. The lowest BCUT2D eigenvalue weighted by molar-refractivity contribution is -0.148. The van der Waals surface area contributed by atoms with E-state index in [-0.39, 0.29) is 43.8 Å². The van der Waals surface area contributed by atoms with Crippen molar-refractivity contribution in [3.63, 3.8) is 0 Å². The molecule has 0 radical (unpaired) electrons. The van der Waals surface area contributed by atoms with Crippen molar-refractivity contribution in [2.45, 2.75) is 50.2 Å². The molecule has 1 aliphatic heterocycles. The van der Waals surface area contributed by atoms with Gasteiger partial charge in [-0.25, -0.2) is 0 Å². The molecule has 0 aliphatic carbocycles. The molecular weight excluding hydrogens is 310 g/mol. The topological polar surface area (TPSA) is 63.7 Å². The molecule has 21 heavy (non-hydrogen) atoms. The number of ether oxygens (including phenoxy) is 1. The second-order valence-corrected chi connectivity index (χ2v) is 6.25. The van der Waals surface area contributed by atoms with Gasteiger partial charge in [-0.3, -0.25) is 19.3 Å². The third-order valence-corrected chi connectivity index (χ3v) is 4.14. The van der Waals surface area contributed by atoms with E-state index in [4.69, 9.17) is 4.74 Å². The first kappa shape index (κ1) is 18.4. The minimum atomic E-state index is -0.279. The van der Waals surface area contributed by atoms with Crippen LogP contribution < -0.4 is 0 Å². The van der Waals surface area contributed by atoms with Gasteiger partial charge in [0.15, 0.2) is 0 Å². The van der Waals surface area contributed by atoms with Crippen LogP contribution in [-0.4, -0.2) is 46.8 Å². The summed E-state index contributed by atoms with van der Waals surface area (Å²) in [6, 6.07) is 0. The van der Waals surface area contributed by atoms with E-state index in [1.54, 1.807) is 0 Å². The fraction of sp³-hybridized carbons (Fsp3) is 0.786. The number of carbonyl (C=O) groups excluding carboxylic acids is 3. The minimum absolute atomic E-state index is 0.0885. The van der Waals surface area contributed by atoms with Gasteiger partial charge in [0.05, 0.1) is 6.54 Å². The van der Waals surface area contributed by atoms with E-state index >= 15 is 0 Å². The van der Waals surface area contributed by atoms with Crippen molar-refractivity contribution in [3.8, 4) is 0 Å². The maximum Gasteiger partial charge on any atom is 0.305 e. The highest BCUT2D eigenvalue weighted by molar-refractivity contribution is 7.81. The van der Waals surface area contributed by atoms with Gasteiger partial charge in [-0.2, -0.15) is 25.3 Å². The number of nitrogens with zero attached hydrogens (tertiary/aromatic N) is 1.